The summed E-state index contributed by atoms with van der Waals surface area (Å²) in [6, 6.07) is 7.45. The zero-order chi connectivity index (χ0) is 22.5. The zero-order valence-corrected chi connectivity index (χ0v) is 18.2. The molecule has 3 rings (SSSR count). The molecule has 0 radical (unpaired) electrons. The third-order valence-corrected chi connectivity index (χ3v) is 4.97. The van der Waals surface area contributed by atoms with E-state index in [4.69, 9.17) is 9.47 Å². The molecule has 1 fully saturated rings. The van der Waals surface area contributed by atoms with Crippen LogP contribution in [0.25, 0.3) is 6.08 Å². The highest BCUT2D eigenvalue weighted by Crippen LogP contribution is 2.38. The van der Waals surface area contributed by atoms with Crippen LogP contribution in [0.15, 0.2) is 30.3 Å². The van der Waals surface area contributed by atoms with Crippen molar-refractivity contribution >= 4 is 35.2 Å². The van der Waals surface area contributed by atoms with E-state index < -0.39 is 18.5 Å². The van der Waals surface area contributed by atoms with Gasteiger partial charge in [-0.1, -0.05) is 0 Å². The minimum absolute atomic E-state index is 0.235. The average Bonchev–Trinajstić information content (AvgIpc) is 3.50. The smallest absolute Gasteiger partial charge is 0.331 e. The summed E-state index contributed by atoms with van der Waals surface area (Å²) < 4.78 is 12.6. The van der Waals surface area contributed by atoms with Crippen LogP contribution in [0, 0.1) is 13.8 Å². The Morgan fingerprint density at radius 1 is 1.16 bits per heavy atom. The van der Waals surface area contributed by atoms with Crippen LogP contribution in [0.5, 0.6) is 5.75 Å². The predicted octanol–water partition coefficient (Wildman–Crippen LogP) is 3.60. The predicted molar refractivity (Wildman–Crippen MR) is 118 cm³/mol. The number of methoxy groups -OCH3 is 1. The molecule has 0 atom stereocenters. The fourth-order valence-electron chi connectivity index (χ4n) is 3.48. The van der Waals surface area contributed by atoms with E-state index >= 15 is 0 Å². The number of carbonyl (C=O) groups is 3. The minimum Gasteiger partial charge on any atom is -0.495 e. The van der Waals surface area contributed by atoms with E-state index in [1.807, 2.05) is 13.0 Å². The summed E-state index contributed by atoms with van der Waals surface area (Å²) in [7, 11) is 1.47. The van der Waals surface area contributed by atoms with Crippen LogP contribution in [-0.2, 0) is 19.1 Å². The van der Waals surface area contributed by atoms with E-state index in [2.05, 4.69) is 22.1 Å². The summed E-state index contributed by atoms with van der Waals surface area (Å²) in [6.45, 7) is 5.03. The van der Waals surface area contributed by atoms with E-state index in [9.17, 15) is 14.4 Å². The average molecular weight is 425 g/mol. The number of nitrogens with zero attached hydrogens (tertiary/aromatic N) is 1. The molecule has 1 aliphatic carbocycles. The second-order valence-electron chi connectivity index (χ2n) is 7.51. The van der Waals surface area contributed by atoms with Crippen LogP contribution in [0.3, 0.4) is 0 Å². The fourth-order valence-corrected chi connectivity index (χ4v) is 3.48. The highest BCUT2D eigenvalue weighted by molar-refractivity contribution is 5.97. The van der Waals surface area contributed by atoms with Gasteiger partial charge in [-0.15, -0.1) is 0 Å². The van der Waals surface area contributed by atoms with Crippen molar-refractivity contribution in [3.63, 3.8) is 0 Å². The minimum atomic E-state index is -0.606. The number of rotatable bonds is 8. The van der Waals surface area contributed by atoms with E-state index in [0.29, 0.717) is 23.2 Å². The van der Waals surface area contributed by atoms with Crippen LogP contribution in [-0.4, -0.2) is 36.1 Å². The van der Waals surface area contributed by atoms with Crippen molar-refractivity contribution in [3.05, 3.63) is 47.3 Å². The molecule has 0 bridgehead atoms. The first kappa shape index (κ1) is 22.1. The quantitative estimate of drug-likeness (QED) is 0.497. The summed E-state index contributed by atoms with van der Waals surface area (Å²) in [5.41, 5.74) is 4.12. The normalized spacial score (nSPS) is 13.2. The molecule has 1 aliphatic rings. The molecule has 1 aromatic carbocycles. The van der Waals surface area contributed by atoms with E-state index in [0.717, 1.165) is 11.3 Å². The number of aryl methyl sites for hydroxylation is 1. The lowest BCUT2D eigenvalue weighted by Crippen LogP contribution is -2.20. The molecule has 2 N–H and O–H groups in total. The maximum Gasteiger partial charge on any atom is 0.331 e. The van der Waals surface area contributed by atoms with Gasteiger partial charge in [-0.2, -0.15) is 0 Å². The molecule has 2 aromatic rings. The first-order valence-electron chi connectivity index (χ1n) is 10.1. The van der Waals surface area contributed by atoms with Gasteiger partial charge in [-0.3, -0.25) is 9.59 Å². The van der Waals surface area contributed by atoms with Crippen molar-refractivity contribution in [3.8, 4) is 5.75 Å². The Morgan fingerprint density at radius 2 is 1.90 bits per heavy atom. The molecule has 0 unspecified atom stereocenters. The maximum absolute atomic E-state index is 12.2. The van der Waals surface area contributed by atoms with Crippen molar-refractivity contribution in [2.75, 3.05) is 24.4 Å². The lowest BCUT2D eigenvalue weighted by molar-refractivity contribution is -0.142. The maximum atomic E-state index is 12.2. The second-order valence-corrected chi connectivity index (χ2v) is 7.51. The number of nitrogens with one attached hydrogen (secondary N) is 2. The van der Waals surface area contributed by atoms with Crippen LogP contribution < -0.4 is 15.4 Å². The van der Waals surface area contributed by atoms with Crippen LogP contribution in [0.1, 0.15) is 42.8 Å². The number of esters is 1. The molecule has 31 heavy (non-hydrogen) atoms. The van der Waals surface area contributed by atoms with Crippen molar-refractivity contribution in [1.29, 1.82) is 0 Å². The Bertz CT molecular complexity index is 1030. The third kappa shape index (κ3) is 5.75. The number of aromatic nitrogens is 1. The van der Waals surface area contributed by atoms with Gasteiger partial charge in [0.2, 0.25) is 5.91 Å². The Hall–Kier alpha value is -3.55. The highest BCUT2D eigenvalue weighted by Gasteiger charge is 2.26. The number of anilines is 2. The Balaban J connectivity index is 1.56. The largest absolute Gasteiger partial charge is 0.495 e. The number of carbonyl (C=O) groups excluding carboxylic acids is 3. The fraction of sp³-hybridized carbons (Fsp3) is 0.348. The first-order chi connectivity index (χ1) is 14.8. The van der Waals surface area contributed by atoms with Gasteiger partial charge < -0.3 is 24.7 Å². The molecule has 8 heteroatoms. The molecular weight excluding hydrogens is 398 g/mol. The highest BCUT2D eigenvalue weighted by atomic mass is 16.5. The van der Waals surface area contributed by atoms with Gasteiger partial charge in [0.05, 0.1) is 12.8 Å². The van der Waals surface area contributed by atoms with Crippen LogP contribution >= 0.6 is 0 Å². The van der Waals surface area contributed by atoms with Gasteiger partial charge in [-0.05, 0) is 62.6 Å². The van der Waals surface area contributed by atoms with Gasteiger partial charge in [0.25, 0.3) is 5.91 Å². The summed E-state index contributed by atoms with van der Waals surface area (Å²) in [6.07, 6.45) is 5.41. The Kier molecular flexibility index (Phi) is 6.79. The van der Waals surface area contributed by atoms with Gasteiger partial charge in [0, 0.05) is 36.1 Å². The molecule has 1 aromatic heterocycles. The van der Waals surface area contributed by atoms with E-state index in [1.165, 1.54) is 38.6 Å². The van der Waals surface area contributed by atoms with Crippen molar-refractivity contribution in [2.45, 2.75) is 39.7 Å². The molecule has 0 spiro atoms. The Labute approximate surface area is 181 Å². The van der Waals surface area contributed by atoms with Crippen LogP contribution in [0.2, 0.25) is 0 Å². The number of benzene rings is 1. The summed E-state index contributed by atoms with van der Waals surface area (Å²) >= 11 is 0. The molecule has 2 amide bonds. The number of ether oxygens (including phenoxy) is 2. The molecule has 0 saturated heterocycles. The van der Waals surface area contributed by atoms with Gasteiger partial charge >= 0.3 is 5.97 Å². The lowest BCUT2D eigenvalue weighted by Gasteiger charge is -2.12. The van der Waals surface area contributed by atoms with Crippen molar-refractivity contribution in [1.82, 2.24) is 4.57 Å². The molecule has 1 saturated carbocycles. The summed E-state index contributed by atoms with van der Waals surface area (Å²) in [5, 5.41) is 5.25. The Morgan fingerprint density at radius 3 is 2.55 bits per heavy atom. The standard InChI is InChI=1S/C23H27N3O5/c1-14-11-17(15(2)26(14)19-7-8-19)5-10-23(29)31-13-22(28)25-20-12-18(24-16(3)27)6-9-21(20)30-4/h5-6,9-12,19H,7-8,13H2,1-4H3,(H,24,27)(H,25,28)/b10-5+. The number of hydrogen-bond acceptors (Lipinski definition) is 5. The molecule has 0 aliphatic heterocycles. The topological polar surface area (TPSA) is 98.7 Å². The monoisotopic (exact) mass is 425 g/mol. The van der Waals surface area contributed by atoms with Gasteiger partial charge in [-0.25, -0.2) is 4.79 Å². The third-order valence-electron chi connectivity index (χ3n) is 4.97. The number of amides is 2. The van der Waals surface area contributed by atoms with Crippen molar-refractivity contribution < 1.29 is 23.9 Å². The van der Waals surface area contributed by atoms with Crippen molar-refractivity contribution in [2.24, 2.45) is 0 Å². The number of hydrogen-bond donors (Lipinski definition) is 2. The van der Waals surface area contributed by atoms with E-state index in [-0.39, 0.29) is 5.91 Å². The summed E-state index contributed by atoms with van der Waals surface area (Å²) in [5.74, 6) is -0.946. The van der Waals surface area contributed by atoms with E-state index in [1.54, 1.807) is 24.3 Å². The SMILES string of the molecule is COc1ccc(NC(C)=O)cc1NC(=O)COC(=O)/C=C/c1cc(C)n(C2CC2)c1C. The van der Waals surface area contributed by atoms with Gasteiger partial charge in [0.1, 0.15) is 5.75 Å². The van der Waals surface area contributed by atoms with Gasteiger partial charge in [0.15, 0.2) is 6.61 Å². The summed E-state index contributed by atoms with van der Waals surface area (Å²) in [4.78, 5) is 35.5. The molecule has 8 nitrogen and oxygen atoms in total. The second kappa shape index (κ2) is 9.51. The lowest BCUT2D eigenvalue weighted by atomic mass is 10.2. The molecule has 164 valence electrons. The van der Waals surface area contributed by atoms with Crippen LogP contribution in [0.4, 0.5) is 11.4 Å². The molecule has 1 heterocycles. The zero-order valence-electron chi connectivity index (χ0n) is 18.2. The first-order valence-corrected chi connectivity index (χ1v) is 10.1. The molecular formula is C23H27N3O5.